The molecule has 3 rings (SSSR count). The molecule has 0 spiro atoms. The highest BCUT2D eigenvalue weighted by Crippen LogP contribution is 2.33. The molecule has 0 aliphatic carbocycles. The standard InChI is InChI=1S/C21H27N3O3S/c1-6-14(2)26-11-12-27-19-9-10-22-20(15(19)3)21-23-17-13-16(25-4)7-8-18(17)24(21)28-5/h7-10,13-14H,6,11-12H2,1-5H3. The molecule has 0 saturated heterocycles. The number of benzene rings is 1. The zero-order chi connectivity index (χ0) is 20.1. The number of hydrogen-bond donors (Lipinski definition) is 0. The highest BCUT2D eigenvalue weighted by molar-refractivity contribution is 7.97. The van der Waals surface area contributed by atoms with Gasteiger partial charge in [0.25, 0.3) is 0 Å². The first-order valence-corrected chi connectivity index (χ1v) is 10.6. The smallest absolute Gasteiger partial charge is 0.170 e. The summed E-state index contributed by atoms with van der Waals surface area (Å²) in [6.45, 7) is 7.26. The van der Waals surface area contributed by atoms with Crippen LogP contribution in [0.15, 0.2) is 30.5 Å². The molecule has 0 radical (unpaired) electrons. The molecule has 0 bridgehead atoms. The van der Waals surface area contributed by atoms with E-state index in [4.69, 9.17) is 19.2 Å². The Balaban J connectivity index is 1.89. The Morgan fingerprint density at radius 3 is 2.75 bits per heavy atom. The first-order valence-electron chi connectivity index (χ1n) is 9.40. The van der Waals surface area contributed by atoms with Crippen LogP contribution in [0, 0.1) is 6.92 Å². The van der Waals surface area contributed by atoms with Crippen molar-refractivity contribution in [2.24, 2.45) is 0 Å². The Morgan fingerprint density at radius 2 is 2.04 bits per heavy atom. The van der Waals surface area contributed by atoms with Crippen molar-refractivity contribution < 1.29 is 14.2 Å². The first-order chi connectivity index (χ1) is 13.6. The van der Waals surface area contributed by atoms with Gasteiger partial charge in [0.05, 0.1) is 30.9 Å². The summed E-state index contributed by atoms with van der Waals surface area (Å²) in [5, 5.41) is 0. The Morgan fingerprint density at radius 1 is 1.21 bits per heavy atom. The van der Waals surface area contributed by atoms with Crippen LogP contribution in [0.3, 0.4) is 0 Å². The fourth-order valence-electron chi connectivity index (χ4n) is 2.92. The predicted octanol–water partition coefficient (Wildman–Crippen LogP) is 4.74. The van der Waals surface area contributed by atoms with E-state index in [-0.39, 0.29) is 6.10 Å². The molecule has 1 atom stereocenters. The van der Waals surface area contributed by atoms with Crippen molar-refractivity contribution in [3.63, 3.8) is 0 Å². The largest absolute Gasteiger partial charge is 0.497 e. The molecule has 0 aliphatic heterocycles. The van der Waals surface area contributed by atoms with Crippen LogP contribution in [0.5, 0.6) is 11.5 Å². The highest BCUT2D eigenvalue weighted by Gasteiger charge is 2.18. The van der Waals surface area contributed by atoms with Crippen molar-refractivity contribution in [2.45, 2.75) is 33.3 Å². The summed E-state index contributed by atoms with van der Waals surface area (Å²) < 4.78 is 19.1. The molecule has 28 heavy (non-hydrogen) atoms. The minimum atomic E-state index is 0.246. The summed E-state index contributed by atoms with van der Waals surface area (Å²) in [6.07, 6.45) is 5.03. The monoisotopic (exact) mass is 401 g/mol. The lowest BCUT2D eigenvalue weighted by atomic mass is 10.2. The number of nitrogens with zero attached hydrogens (tertiary/aromatic N) is 3. The van der Waals surface area contributed by atoms with E-state index >= 15 is 0 Å². The van der Waals surface area contributed by atoms with Gasteiger partial charge in [-0.2, -0.15) is 0 Å². The van der Waals surface area contributed by atoms with Crippen LogP contribution in [0.4, 0.5) is 0 Å². The molecule has 6 nitrogen and oxygen atoms in total. The molecule has 0 saturated carbocycles. The third-order valence-corrected chi connectivity index (χ3v) is 5.42. The molecule has 1 aromatic carbocycles. The number of rotatable bonds is 9. The number of fused-ring (bicyclic) bond motifs is 1. The number of imidazole rings is 1. The lowest BCUT2D eigenvalue weighted by Crippen LogP contribution is -2.13. The van der Waals surface area contributed by atoms with Crippen molar-refractivity contribution in [2.75, 3.05) is 26.6 Å². The van der Waals surface area contributed by atoms with E-state index in [9.17, 15) is 0 Å². The van der Waals surface area contributed by atoms with Gasteiger partial charge in [-0.25, -0.2) is 4.98 Å². The second-order valence-corrected chi connectivity index (χ2v) is 7.22. The molecule has 2 heterocycles. The number of hydrogen-bond acceptors (Lipinski definition) is 6. The quantitative estimate of drug-likeness (QED) is 0.483. The van der Waals surface area contributed by atoms with Crippen molar-refractivity contribution in [1.29, 1.82) is 0 Å². The zero-order valence-electron chi connectivity index (χ0n) is 17.1. The molecule has 0 aliphatic rings. The minimum absolute atomic E-state index is 0.246. The van der Waals surface area contributed by atoms with Gasteiger partial charge in [0.1, 0.15) is 23.8 Å². The summed E-state index contributed by atoms with van der Waals surface area (Å²) in [4.78, 5) is 9.40. The van der Waals surface area contributed by atoms with E-state index in [0.717, 1.165) is 46.0 Å². The number of pyridine rings is 1. The normalized spacial score (nSPS) is 12.3. The zero-order valence-corrected chi connectivity index (χ0v) is 17.9. The van der Waals surface area contributed by atoms with Gasteiger partial charge in [-0.3, -0.25) is 8.96 Å². The Hall–Kier alpha value is -2.25. The molecule has 2 aromatic heterocycles. The maximum Gasteiger partial charge on any atom is 0.170 e. The lowest BCUT2D eigenvalue weighted by molar-refractivity contribution is 0.0425. The average Bonchev–Trinajstić information content (AvgIpc) is 3.09. The predicted molar refractivity (Wildman–Crippen MR) is 114 cm³/mol. The van der Waals surface area contributed by atoms with E-state index in [0.29, 0.717) is 13.2 Å². The SMILES string of the molecule is CCC(C)OCCOc1ccnc(-c2nc3cc(OC)ccc3n2SC)c1C. The second kappa shape index (κ2) is 9.30. The fraction of sp³-hybridized carbons (Fsp3) is 0.429. The molecule has 3 aromatic rings. The Kier molecular flexibility index (Phi) is 6.80. The summed E-state index contributed by atoms with van der Waals surface area (Å²) in [5.41, 5.74) is 3.67. The van der Waals surface area contributed by atoms with Gasteiger partial charge in [-0.15, -0.1) is 0 Å². The van der Waals surface area contributed by atoms with Crippen LogP contribution in [0.1, 0.15) is 25.8 Å². The van der Waals surface area contributed by atoms with E-state index in [1.807, 2.05) is 37.4 Å². The van der Waals surface area contributed by atoms with Gasteiger partial charge >= 0.3 is 0 Å². The topological polar surface area (TPSA) is 58.4 Å². The molecule has 7 heteroatoms. The Bertz CT molecular complexity index is 942. The van der Waals surface area contributed by atoms with E-state index < -0.39 is 0 Å². The summed E-state index contributed by atoms with van der Waals surface area (Å²) >= 11 is 1.59. The number of ether oxygens (including phenoxy) is 3. The third kappa shape index (κ3) is 4.25. The van der Waals surface area contributed by atoms with Crippen molar-refractivity contribution in [1.82, 2.24) is 13.9 Å². The first kappa shape index (κ1) is 20.5. The number of methoxy groups -OCH3 is 1. The molecular formula is C21H27N3O3S. The van der Waals surface area contributed by atoms with Crippen molar-refractivity contribution in [3.05, 3.63) is 36.0 Å². The van der Waals surface area contributed by atoms with Gasteiger partial charge in [-0.05, 0) is 50.4 Å². The van der Waals surface area contributed by atoms with Crippen LogP contribution in [-0.4, -0.2) is 46.6 Å². The molecule has 0 fully saturated rings. The van der Waals surface area contributed by atoms with Crippen molar-refractivity contribution in [3.8, 4) is 23.0 Å². The second-order valence-electron chi connectivity index (χ2n) is 6.49. The number of aromatic nitrogens is 3. The highest BCUT2D eigenvalue weighted by atomic mass is 32.2. The summed E-state index contributed by atoms with van der Waals surface area (Å²) in [6, 6.07) is 7.78. The molecule has 1 unspecified atom stereocenters. The van der Waals surface area contributed by atoms with E-state index in [2.05, 4.69) is 22.8 Å². The summed E-state index contributed by atoms with van der Waals surface area (Å²) in [5.74, 6) is 2.39. The van der Waals surface area contributed by atoms with E-state index in [1.54, 1.807) is 25.3 Å². The molecule has 0 amide bonds. The van der Waals surface area contributed by atoms with Crippen LogP contribution in [-0.2, 0) is 4.74 Å². The van der Waals surface area contributed by atoms with Gasteiger partial charge in [0.15, 0.2) is 5.82 Å². The van der Waals surface area contributed by atoms with Crippen LogP contribution >= 0.6 is 11.9 Å². The average molecular weight is 402 g/mol. The Labute approximate surface area is 170 Å². The minimum Gasteiger partial charge on any atom is -0.497 e. The van der Waals surface area contributed by atoms with Crippen molar-refractivity contribution >= 4 is 23.0 Å². The third-order valence-electron chi connectivity index (χ3n) is 4.69. The lowest BCUT2D eigenvalue weighted by Gasteiger charge is -2.14. The molecule has 0 N–H and O–H groups in total. The summed E-state index contributed by atoms with van der Waals surface area (Å²) in [7, 11) is 1.66. The van der Waals surface area contributed by atoms with Crippen LogP contribution < -0.4 is 9.47 Å². The van der Waals surface area contributed by atoms with Crippen LogP contribution in [0.25, 0.3) is 22.6 Å². The van der Waals surface area contributed by atoms with Gasteiger partial charge in [0, 0.05) is 24.1 Å². The van der Waals surface area contributed by atoms with Crippen LogP contribution in [0.2, 0.25) is 0 Å². The van der Waals surface area contributed by atoms with E-state index in [1.165, 1.54) is 0 Å². The molecule has 150 valence electrons. The van der Waals surface area contributed by atoms with Gasteiger partial charge in [0.2, 0.25) is 0 Å². The maximum atomic E-state index is 5.95. The fourth-order valence-corrected chi connectivity index (χ4v) is 3.57. The molecular weight excluding hydrogens is 374 g/mol. The van der Waals surface area contributed by atoms with Gasteiger partial charge in [-0.1, -0.05) is 6.92 Å². The van der Waals surface area contributed by atoms with Gasteiger partial charge < -0.3 is 14.2 Å². The maximum absolute atomic E-state index is 5.95.